The zero-order valence-electron chi connectivity index (χ0n) is 17.2. The second kappa shape index (κ2) is 10.1. The Bertz CT molecular complexity index is 861. The Morgan fingerprint density at radius 2 is 1.90 bits per heavy atom. The molecule has 2 atom stereocenters. The molecule has 0 aliphatic heterocycles. The molecule has 5 nitrogen and oxygen atoms in total. The van der Waals surface area contributed by atoms with Crippen LogP contribution in [-0.2, 0) is 22.6 Å². The Morgan fingerprint density at radius 1 is 1.21 bits per heavy atom. The highest BCUT2D eigenvalue weighted by Gasteiger charge is 2.37. The normalized spacial score (nSPS) is 14.3. The Kier molecular flexibility index (Phi) is 8.07. The Morgan fingerprint density at radius 3 is 2.41 bits per heavy atom. The van der Waals surface area contributed by atoms with Crippen molar-refractivity contribution >= 4 is 17.7 Å². The van der Waals surface area contributed by atoms with Gasteiger partial charge in [0.25, 0.3) is 0 Å². The number of ether oxygens (including phenoxy) is 1. The van der Waals surface area contributed by atoms with Crippen molar-refractivity contribution in [2.24, 2.45) is 0 Å². The fourth-order valence-electron chi connectivity index (χ4n) is 3.21. The molecule has 0 heterocycles. The van der Waals surface area contributed by atoms with Gasteiger partial charge in [-0.3, -0.25) is 4.79 Å². The molecule has 0 aliphatic carbocycles. The zero-order chi connectivity index (χ0) is 21.6. The van der Waals surface area contributed by atoms with Gasteiger partial charge in [-0.2, -0.15) is 0 Å². The monoisotopic (exact) mass is 421 g/mol. The summed E-state index contributed by atoms with van der Waals surface area (Å²) in [6.07, 6.45) is 1.63. The first-order chi connectivity index (χ1) is 13.8. The molecule has 0 fully saturated rings. The lowest BCUT2D eigenvalue weighted by atomic mass is 9.94. The van der Waals surface area contributed by atoms with Gasteiger partial charge in [0.2, 0.25) is 0 Å². The lowest BCUT2D eigenvalue weighted by Gasteiger charge is -2.31. The third-order valence-corrected chi connectivity index (χ3v) is 6.38. The quantitative estimate of drug-likeness (QED) is 0.509. The minimum Gasteiger partial charge on any atom is -0.497 e. The summed E-state index contributed by atoms with van der Waals surface area (Å²) in [5.74, 6) is -1.26. The van der Waals surface area contributed by atoms with Crippen LogP contribution in [0.1, 0.15) is 36.1 Å². The van der Waals surface area contributed by atoms with E-state index in [0.717, 1.165) is 35.7 Å². The summed E-state index contributed by atoms with van der Waals surface area (Å²) in [5, 5.41) is 23.7. The van der Waals surface area contributed by atoms with Crippen LogP contribution in [0.2, 0.25) is 0 Å². The molecular formula is C22H28FNO4S. The third kappa shape index (κ3) is 5.10. The van der Waals surface area contributed by atoms with Gasteiger partial charge in [-0.15, -0.1) is 11.8 Å². The molecular weight excluding hydrogens is 393 g/mol. The number of rotatable bonds is 10. The van der Waals surface area contributed by atoms with E-state index in [2.05, 4.69) is 12.2 Å². The van der Waals surface area contributed by atoms with Crippen molar-refractivity contribution in [1.82, 2.24) is 5.32 Å². The van der Waals surface area contributed by atoms with Crippen molar-refractivity contribution in [3.05, 3.63) is 64.5 Å². The summed E-state index contributed by atoms with van der Waals surface area (Å²) in [5.41, 5.74) is 2.81. The van der Waals surface area contributed by atoms with Crippen LogP contribution in [-0.4, -0.2) is 42.1 Å². The Balaban J connectivity index is 2.57. The van der Waals surface area contributed by atoms with Gasteiger partial charge in [-0.1, -0.05) is 32.0 Å². The average molecular weight is 422 g/mol. The molecule has 3 N–H and O–H groups in total. The van der Waals surface area contributed by atoms with Crippen LogP contribution in [0.15, 0.2) is 36.4 Å². The van der Waals surface area contributed by atoms with Gasteiger partial charge < -0.3 is 20.3 Å². The van der Waals surface area contributed by atoms with Crippen LogP contribution in [0.5, 0.6) is 5.75 Å². The zero-order valence-corrected chi connectivity index (χ0v) is 18.0. The molecule has 7 heteroatoms. The van der Waals surface area contributed by atoms with Gasteiger partial charge >= 0.3 is 5.97 Å². The number of benzene rings is 2. The fourth-order valence-corrected chi connectivity index (χ4v) is 4.54. The number of hydrogen-bond acceptors (Lipinski definition) is 5. The van der Waals surface area contributed by atoms with Crippen molar-refractivity contribution in [3.63, 3.8) is 0 Å². The summed E-state index contributed by atoms with van der Waals surface area (Å²) < 4.78 is 20.0. The highest BCUT2D eigenvalue weighted by atomic mass is 32.2. The molecule has 0 radical (unpaired) electrons. The van der Waals surface area contributed by atoms with Crippen LogP contribution in [0, 0.1) is 5.82 Å². The molecule has 2 aromatic rings. The number of aliphatic hydroxyl groups is 1. The van der Waals surface area contributed by atoms with Crippen LogP contribution >= 0.6 is 11.8 Å². The van der Waals surface area contributed by atoms with Crippen molar-refractivity contribution in [2.45, 2.75) is 37.7 Å². The highest BCUT2D eigenvalue weighted by Crippen LogP contribution is 2.43. The molecule has 1 unspecified atom stereocenters. The molecule has 0 aliphatic rings. The van der Waals surface area contributed by atoms with Crippen LogP contribution in [0.25, 0.3) is 0 Å². The van der Waals surface area contributed by atoms with Crippen molar-refractivity contribution in [2.75, 3.05) is 19.9 Å². The summed E-state index contributed by atoms with van der Waals surface area (Å²) in [6.45, 7) is 4.09. The van der Waals surface area contributed by atoms with Crippen LogP contribution < -0.4 is 10.1 Å². The number of carbonyl (C=O) groups is 1. The molecule has 2 aromatic carbocycles. The van der Waals surface area contributed by atoms with Crippen molar-refractivity contribution < 1.29 is 24.1 Å². The maximum absolute atomic E-state index is 14.9. The van der Waals surface area contributed by atoms with Crippen LogP contribution in [0.3, 0.4) is 0 Å². The molecule has 158 valence electrons. The summed E-state index contributed by atoms with van der Waals surface area (Å²) >= 11 is 0.983. The van der Waals surface area contributed by atoms with E-state index in [1.807, 2.05) is 19.1 Å². The molecule has 0 amide bonds. The number of aliphatic carboxylic acids is 1. The van der Waals surface area contributed by atoms with Gasteiger partial charge in [-0.05, 0) is 48.7 Å². The topological polar surface area (TPSA) is 78.8 Å². The Hall–Kier alpha value is -2.09. The fraction of sp³-hybridized carbons (Fsp3) is 0.409. The minimum absolute atomic E-state index is 0.0464. The maximum Gasteiger partial charge on any atom is 0.321 e. The lowest BCUT2D eigenvalue weighted by molar-refractivity contribution is -0.138. The largest absolute Gasteiger partial charge is 0.497 e. The highest BCUT2D eigenvalue weighted by molar-refractivity contribution is 8.00. The van der Waals surface area contributed by atoms with E-state index in [9.17, 15) is 19.4 Å². The number of methoxy groups -OCH3 is 1. The summed E-state index contributed by atoms with van der Waals surface area (Å²) in [6, 6.07) is 9.00. The number of aryl methyl sites for hydroxylation is 2. The second-order valence-corrected chi connectivity index (χ2v) is 7.88. The predicted molar refractivity (Wildman–Crippen MR) is 114 cm³/mol. The maximum atomic E-state index is 14.9. The van der Waals surface area contributed by atoms with E-state index < -0.39 is 22.8 Å². The first-order valence-electron chi connectivity index (χ1n) is 9.53. The van der Waals surface area contributed by atoms with Gasteiger partial charge in [-0.25, -0.2) is 4.39 Å². The van der Waals surface area contributed by atoms with Gasteiger partial charge in [0, 0.05) is 17.4 Å². The average Bonchev–Trinajstić information content (AvgIpc) is 2.72. The molecule has 0 bridgehead atoms. The summed E-state index contributed by atoms with van der Waals surface area (Å²) in [4.78, 5) is 9.65. The second-order valence-electron chi connectivity index (χ2n) is 6.67. The number of nitrogens with one attached hydrogen (secondary N) is 1. The van der Waals surface area contributed by atoms with Crippen LogP contribution in [0.4, 0.5) is 4.39 Å². The van der Waals surface area contributed by atoms with E-state index in [1.54, 1.807) is 12.1 Å². The number of likely N-dealkylation sites (N-methyl/N-ethyl adjacent to an activating group) is 1. The van der Waals surface area contributed by atoms with E-state index in [1.165, 1.54) is 26.3 Å². The molecule has 0 saturated carbocycles. The molecule has 0 saturated heterocycles. The first-order valence-corrected chi connectivity index (χ1v) is 10.5. The van der Waals surface area contributed by atoms with Crippen molar-refractivity contribution in [1.29, 1.82) is 0 Å². The SMILES string of the molecule is CCc1ccc(C(O)(SC[C@H](NC)C(=O)O)c2ccc(OC)cc2F)cc1CC. The standard InChI is InChI=1S/C22H28FNO4S/c1-5-14-7-8-16(11-15(14)6-2)22(27,29-13-20(24-3)21(25)26)18-10-9-17(28-4)12-19(18)23/h7-12,20,24,27H,5-6,13H2,1-4H3,(H,25,26)/t20-,22?/m0/s1. The number of hydrogen-bond donors (Lipinski definition) is 3. The smallest absolute Gasteiger partial charge is 0.321 e. The first kappa shape index (κ1) is 23.2. The van der Waals surface area contributed by atoms with Gasteiger partial charge in [0.1, 0.15) is 17.6 Å². The van der Waals surface area contributed by atoms with Crippen molar-refractivity contribution in [3.8, 4) is 5.75 Å². The molecule has 29 heavy (non-hydrogen) atoms. The minimum atomic E-state index is -1.75. The van der Waals surface area contributed by atoms with E-state index in [-0.39, 0.29) is 11.3 Å². The van der Waals surface area contributed by atoms with Gasteiger partial charge in [0.15, 0.2) is 4.93 Å². The summed E-state index contributed by atoms with van der Waals surface area (Å²) in [7, 11) is 2.98. The van der Waals surface area contributed by atoms with E-state index in [0.29, 0.717) is 11.3 Å². The number of thioether (sulfide) groups is 1. The number of carboxylic acids is 1. The lowest BCUT2D eigenvalue weighted by Crippen LogP contribution is -2.38. The number of carboxylic acid groups (broad SMARTS) is 1. The van der Waals surface area contributed by atoms with E-state index in [4.69, 9.17) is 4.74 Å². The van der Waals surface area contributed by atoms with E-state index >= 15 is 0 Å². The van der Waals surface area contributed by atoms with Gasteiger partial charge in [0.05, 0.1) is 7.11 Å². The third-order valence-electron chi connectivity index (χ3n) is 5.01. The molecule has 0 aromatic heterocycles. The predicted octanol–water partition coefficient (Wildman–Crippen LogP) is 3.56. The molecule has 0 spiro atoms. The number of halogens is 1. The molecule has 2 rings (SSSR count). The Labute approximate surface area is 175 Å².